The van der Waals surface area contributed by atoms with E-state index in [-0.39, 0.29) is 0 Å². The van der Waals surface area contributed by atoms with Crippen molar-refractivity contribution in [2.45, 2.75) is 6.54 Å². The van der Waals surface area contributed by atoms with Gasteiger partial charge < -0.3 is 14.4 Å². The smallest absolute Gasteiger partial charge is 0.175 e. The van der Waals surface area contributed by atoms with Gasteiger partial charge in [0.15, 0.2) is 5.82 Å². The number of benzene rings is 1. The van der Waals surface area contributed by atoms with E-state index >= 15 is 0 Å². The van der Waals surface area contributed by atoms with E-state index in [2.05, 4.69) is 36.4 Å². The molecule has 0 unspecified atom stereocenters. The zero-order valence-corrected chi connectivity index (χ0v) is 15.6. The van der Waals surface area contributed by atoms with Crippen LogP contribution in [0.2, 0.25) is 0 Å². The number of nitrogens with zero attached hydrogens (tertiary/aromatic N) is 6. The Balaban J connectivity index is 1.92. The van der Waals surface area contributed by atoms with Gasteiger partial charge in [-0.05, 0) is 38.5 Å². The van der Waals surface area contributed by atoms with E-state index in [0.717, 1.165) is 16.0 Å². The van der Waals surface area contributed by atoms with Gasteiger partial charge >= 0.3 is 0 Å². The van der Waals surface area contributed by atoms with Gasteiger partial charge in [-0.3, -0.25) is 0 Å². The third-order valence-electron chi connectivity index (χ3n) is 3.59. The number of tetrazole rings is 1. The number of pyridine rings is 1. The molecule has 1 aromatic carbocycles. The Kier molecular flexibility index (Phi) is 5.13. The summed E-state index contributed by atoms with van der Waals surface area (Å²) >= 11 is 3.51. The number of rotatable bonds is 6. The summed E-state index contributed by atoms with van der Waals surface area (Å²) in [6.07, 6.45) is 1.74. The molecule has 0 amide bonds. The average molecular weight is 405 g/mol. The molecular weight excluding hydrogens is 388 g/mol. The molecule has 2 aromatic heterocycles. The molecule has 0 spiro atoms. The van der Waals surface area contributed by atoms with Gasteiger partial charge in [-0.15, -0.1) is 5.10 Å². The van der Waals surface area contributed by atoms with Gasteiger partial charge in [0.25, 0.3) is 0 Å². The highest BCUT2D eigenvalue weighted by Gasteiger charge is 2.15. The van der Waals surface area contributed by atoms with Gasteiger partial charge in [0.05, 0.1) is 30.9 Å². The van der Waals surface area contributed by atoms with Gasteiger partial charge in [-0.2, -0.15) is 4.68 Å². The van der Waals surface area contributed by atoms with E-state index in [9.17, 15) is 0 Å². The third kappa shape index (κ3) is 3.71. The molecule has 0 saturated heterocycles. The summed E-state index contributed by atoms with van der Waals surface area (Å²) in [5, 5.41) is 12.0. The first-order valence-corrected chi connectivity index (χ1v) is 8.24. The maximum atomic E-state index is 5.31. The number of anilines is 1. The van der Waals surface area contributed by atoms with Crippen LogP contribution in [-0.2, 0) is 6.54 Å². The predicted octanol–water partition coefficient (Wildman–Crippen LogP) is 2.47. The zero-order chi connectivity index (χ0) is 17.8. The van der Waals surface area contributed by atoms with Crippen molar-refractivity contribution in [2.24, 2.45) is 0 Å². The van der Waals surface area contributed by atoms with E-state index in [0.29, 0.717) is 23.9 Å². The molecule has 0 N–H and O–H groups in total. The zero-order valence-electron chi connectivity index (χ0n) is 14.0. The minimum absolute atomic E-state index is 0.474. The van der Waals surface area contributed by atoms with E-state index in [4.69, 9.17) is 9.47 Å². The second-order valence-electron chi connectivity index (χ2n) is 5.24. The lowest BCUT2D eigenvalue weighted by molar-refractivity contribution is 0.393. The molecule has 0 saturated carbocycles. The molecule has 8 nitrogen and oxygen atoms in total. The van der Waals surface area contributed by atoms with E-state index in [1.165, 1.54) is 0 Å². The summed E-state index contributed by atoms with van der Waals surface area (Å²) in [4.78, 5) is 6.34. The number of hydrogen-bond donors (Lipinski definition) is 0. The number of hydrogen-bond acceptors (Lipinski definition) is 7. The van der Waals surface area contributed by atoms with Crippen molar-refractivity contribution in [3.63, 3.8) is 0 Å². The molecule has 3 aromatic rings. The van der Waals surface area contributed by atoms with Crippen molar-refractivity contribution in [2.75, 3.05) is 26.2 Å². The molecule has 0 atom stereocenters. The molecule has 0 radical (unpaired) electrons. The minimum atomic E-state index is 0.474. The Hall–Kier alpha value is -2.68. The molecule has 0 bridgehead atoms. The summed E-state index contributed by atoms with van der Waals surface area (Å²) in [5.74, 6) is 2.80. The van der Waals surface area contributed by atoms with Gasteiger partial charge in [0.1, 0.15) is 17.3 Å². The van der Waals surface area contributed by atoms with E-state index in [1.54, 1.807) is 31.2 Å². The standard InChI is InChI=1S/C16H17BrN6O2/c1-22(16-14(17)5-4-6-18-16)10-15-19-20-21-23(15)11-7-12(24-2)9-13(8-11)25-3/h4-9H,10H2,1-3H3. The normalized spacial score (nSPS) is 10.6. The van der Waals surface area contributed by atoms with Crippen LogP contribution < -0.4 is 14.4 Å². The molecular formula is C16H17BrN6O2. The van der Waals surface area contributed by atoms with Crippen molar-refractivity contribution < 1.29 is 9.47 Å². The van der Waals surface area contributed by atoms with Crippen LogP contribution in [0.3, 0.4) is 0 Å². The number of halogens is 1. The van der Waals surface area contributed by atoms with Crippen LogP contribution >= 0.6 is 15.9 Å². The van der Waals surface area contributed by atoms with Crippen molar-refractivity contribution >= 4 is 21.7 Å². The van der Waals surface area contributed by atoms with Crippen LogP contribution in [0.25, 0.3) is 5.69 Å². The topological polar surface area (TPSA) is 78.2 Å². The minimum Gasteiger partial charge on any atom is -0.497 e. The first kappa shape index (κ1) is 17.2. The summed E-state index contributed by atoms with van der Waals surface area (Å²) in [7, 11) is 5.13. The number of aromatic nitrogens is 5. The second-order valence-corrected chi connectivity index (χ2v) is 6.10. The molecule has 130 valence electrons. The van der Waals surface area contributed by atoms with Crippen molar-refractivity contribution in [1.29, 1.82) is 0 Å². The van der Waals surface area contributed by atoms with Crippen molar-refractivity contribution in [1.82, 2.24) is 25.2 Å². The Bertz CT molecular complexity index is 847. The molecule has 25 heavy (non-hydrogen) atoms. The lowest BCUT2D eigenvalue weighted by Crippen LogP contribution is -2.21. The van der Waals surface area contributed by atoms with Crippen LogP contribution in [0.15, 0.2) is 41.0 Å². The van der Waals surface area contributed by atoms with Gasteiger partial charge in [0.2, 0.25) is 0 Å². The predicted molar refractivity (Wildman–Crippen MR) is 96.3 cm³/mol. The molecule has 0 aliphatic heterocycles. The van der Waals surface area contributed by atoms with Gasteiger partial charge in [-0.1, -0.05) is 0 Å². The van der Waals surface area contributed by atoms with E-state index < -0.39 is 0 Å². The highest BCUT2D eigenvalue weighted by atomic mass is 79.9. The van der Waals surface area contributed by atoms with Crippen LogP contribution in [0.1, 0.15) is 5.82 Å². The summed E-state index contributed by atoms with van der Waals surface area (Å²) in [6.45, 7) is 0.474. The molecule has 2 heterocycles. The van der Waals surface area contributed by atoms with Crippen LogP contribution in [-0.4, -0.2) is 46.5 Å². The monoisotopic (exact) mass is 404 g/mol. The first-order valence-electron chi connectivity index (χ1n) is 7.44. The number of methoxy groups -OCH3 is 2. The fraction of sp³-hybridized carbons (Fsp3) is 0.250. The maximum Gasteiger partial charge on any atom is 0.175 e. The Morgan fingerprint density at radius 2 is 1.88 bits per heavy atom. The quantitative estimate of drug-likeness (QED) is 0.624. The molecule has 0 aliphatic carbocycles. The van der Waals surface area contributed by atoms with Gasteiger partial charge in [0, 0.05) is 31.4 Å². The summed E-state index contributed by atoms with van der Waals surface area (Å²) in [6, 6.07) is 9.30. The lowest BCUT2D eigenvalue weighted by atomic mass is 10.2. The highest BCUT2D eigenvalue weighted by molar-refractivity contribution is 9.10. The Morgan fingerprint density at radius 3 is 2.52 bits per heavy atom. The molecule has 3 rings (SSSR count). The molecule has 0 aliphatic rings. The number of ether oxygens (including phenoxy) is 2. The molecule has 0 fully saturated rings. The van der Waals surface area contributed by atoms with Gasteiger partial charge in [-0.25, -0.2) is 4.98 Å². The largest absolute Gasteiger partial charge is 0.497 e. The lowest BCUT2D eigenvalue weighted by Gasteiger charge is -2.18. The second kappa shape index (κ2) is 7.47. The van der Waals surface area contributed by atoms with Crippen molar-refractivity contribution in [3.05, 3.63) is 46.8 Å². The summed E-state index contributed by atoms with van der Waals surface area (Å²) in [5.41, 5.74) is 0.754. The fourth-order valence-corrected chi connectivity index (χ4v) is 2.92. The van der Waals surface area contributed by atoms with E-state index in [1.807, 2.05) is 36.2 Å². The highest BCUT2D eigenvalue weighted by Crippen LogP contribution is 2.26. The van der Waals surface area contributed by atoms with Crippen molar-refractivity contribution in [3.8, 4) is 17.2 Å². The first-order chi connectivity index (χ1) is 12.1. The maximum absolute atomic E-state index is 5.31. The fourth-order valence-electron chi connectivity index (χ4n) is 2.36. The summed E-state index contributed by atoms with van der Waals surface area (Å²) < 4.78 is 13.2. The SMILES string of the molecule is COc1cc(OC)cc(-n2nnnc2CN(C)c2ncccc2Br)c1. The van der Waals surface area contributed by atoms with Crippen LogP contribution in [0.4, 0.5) is 5.82 Å². The Morgan fingerprint density at radius 1 is 1.16 bits per heavy atom. The molecule has 9 heteroatoms. The Labute approximate surface area is 153 Å². The van der Waals surface area contributed by atoms with Crippen LogP contribution in [0.5, 0.6) is 11.5 Å². The average Bonchev–Trinajstić information content (AvgIpc) is 3.09. The third-order valence-corrected chi connectivity index (χ3v) is 4.21. The van der Waals surface area contributed by atoms with Crippen LogP contribution in [0, 0.1) is 0 Å².